The van der Waals surface area contributed by atoms with Crippen molar-refractivity contribution in [3.8, 4) is 6.07 Å². The van der Waals surface area contributed by atoms with E-state index in [9.17, 15) is 23.6 Å². The van der Waals surface area contributed by atoms with Gasteiger partial charge in [0.15, 0.2) is 0 Å². The van der Waals surface area contributed by atoms with Crippen LogP contribution in [-0.2, 0) is 15.6 Å². The second-order valence-electron chi connectivity index (χ2n) is 8.22. The average Bonchev–Trinajstić information content (AvgIpc) is 3.12. The molecule has 30 heavy (non-hydrogen) atoms. The number of nitrogens with zero attached hydrogens (tertiary/aromatic N) is 1. The standard InChI is InChI=1S/C21H27N3O5S/c1-12(2)16-7-14(10-22)8-17(13(3)4)19(16)23-20(25)24-30(27,28)18-9-15(11-29-18)21(5,6)26/h7-9,11-13,26H,1-6H3,(H2,23,24,25). The van der Waals surface area contributed by atoms with Crippen LogP contribution in [0.15, 0.2) is 34.0 Å². The molecule has 0 unspecified atom stereocenters. The van der Waals surface area contributed by atoms with Crippen LogP contribution in [0, 0.1) is 11.3 Å². The molecule has 0 aliphatic heterocycles. The third-order valence-electron chi connectivity index (χ3n) is 4.58. The van der Waals surface area contributed by atoms with Gasteiger partial charge < -0.3 is 14.8 Å². The minimum Gasteiger partial charge on any atom is -0.451 e. The number of hydrogen-bond donors (Lipinski definition) is 3. The highest BCUT2D eigenvalue weighted by atomic mass is 32.2. The van der Waals surface area contributed by atoms with E-state index in [1.807, 2.05) is 32.4 Å². The van der Waals surface area contributed by atoms with Crippen LogP contribution in [0.5, 0.6) is 0 Å². The molecule has 2 aromatic rings. The summed E-state index contributed by atoms with van der Waals surface area (Å²) < 4.78 is 32.0. The number of anilines is 1. The van der Waals surface area contributed by atoms with Crippen molar-refractivity contribution in [1.29, 1.82) is 5.26 Å². The Morgan fingerprint density at radius 3 is 2.07 bits per heavy atom. The highest BCUT2D eigenvalue weighted by Crippen LogP contribution is 2.34. The number of nitriles is 1. The van der Waals surface area contributed by atoms with Gasteiger partial charge in [0.2, 0.25) is 5.09 Å². The Labute approximate surface area is 177 Å². The maximum absolute atomic E-state index is 12.6. The summed E-state index contributed by atoms with van der Waals surface area (Å²) in [5, 5.41) is 21.4. The smallest absolute Gasteiger partial charge is 0.333 e. The Balaban J connectivity index is 2.36. The summed E-state index contributed by atoms with van der Waals surface area (Å²) in [6.45, 7) is 10.6. The van der Waals surface area contributed by atoms with Gasteiger partial charge in [0.05, 0.1) is 23.5 Å². The number of urea groups is 1. The first-order valence-corrected chi connectivity index (χ1v) is 11.0. The summed E-state index contributed by atoms with van der Waals surface area (Å²) in [6, 6.07) is 5.69. The van der Waals surface area contributed by atoms with Gasteiger partial charge in [-0.25, -0.2) is 9.52 Å². The van der Waals surface area contributed by atoms with Crippen molar-refractivity contribution in [3.05, 3.63) is 46.7 Å². The molecule has 0 fully saturated rings. The molecule has 0 spiro atoms. The van der Waals surface area contributed by atoms with Crippen molar-refractivity contribution >= 4 is 21.7 Å². The summed E-state index contributed by atoms with van der Waals surface area (Å²) in [5.41, 5.74) is 1.37. The zero-order valence-corrected chi connectivity index (χ0v) is 18.7. The third kappa shape index (κ3) is 5.20. The minimum absolute atomic E-state index is 0.0119. The van der Waals surface area contributed by atoms with Crippen LogP contribution < -0.4 is 10.0 Å². The number of furan rings is 1. The molecule has 2 rings (SSSR count). The Bertz CT molecular complexity index is 1060. The van der Waals surface area contributed by atoms with Gasteiger partial charge >= 0.3 is 6.03 Å². The lowest BCUT2D eigenvalue weighted by Gasteiger charge is -2.21. The fraction of sp³-hybridized carbons (Fsp3) is 0.429. The summed E-state index contributed by atoms with van der Waals surface area (Å²) in [7, 11) is -4.29. The molecule has 162 valence electrons. The fourth-order valence-corrected chi connectivity index (χ4v) is 3.75. The number of nitrogens with one attached hydrogen (secondary N) is 2. The summed E-state index contributed by atoms with van der Waals surface area (Å²) in [6.07, 6.45) is 1.13. The normalized spacial score (nSPS) is 12.1. The predicted octanol–water partition coefficient (Wildman–Crippen LogP) is 4.14. The first-order valence-electron chi connectivity index (χ1n) is 9.49. The molecule has 1 heterocycles. The van der Waals surface area contributed by atoms with Gasteiger partial charge in [-0.3, -0.25) is 0 Å². The van der Waals surface area contributed by atoms with Crippen LogP contribution >= 0.6 is 0 Å². The van der Waals surface area contributed by atoms with Crippen LogP contribution in [0.4, 0.5) is 10.5 Å². The lowest BCUT2D eigenvalue weighted by molar-refractivity contribution is 0.0779. The van der Waals surface area contributed by atoms with Crippen LogP contribution in [0.3, 0.4) is 0 Å². The fourth-order valence-electron chi connectivity index (χ4n) is 2.90. The summed E-state index contributed by atoms with van der Waals surface area (Å²) in [4.78, 5) is 12.6. The maximum Gasteiger partial charge on any atom is 0.333 e. The number of rotatable bonds is 6. The van der Waals surface area contributed by atoms with Gasteiger partial charge in [-0.2, -0.15) is 13.7 Å². The molecule has 9 heteroatoms. The van der Waals surface area contributed by atoms with Crippen LogP contribution in [0.1, 0.15) is 75.6 Å². The minimum atomic E-state index is -4.29. The molecule has 0 aliphatic carbocycles. The second kappa shape index (κ2) is 8.50. The van der Waals surface area contributed by atoms with Crippen molar-refractivity contribution in [3.63, 3.8) is 0 Å². The van der Waals surface area contributed by atoms with E-state index in [0.29, 0.717) is 11.3 Å². The van der Waals surface area contributed by atoms with Gasteiger partial charge in [-0.15, -0.1) is 0 Å². The summed E-state index contributed by atoms with van der Waals surface area (Å²) in [5.74, 6) is -0.0238. The third-order valence-corrected chi connectivity index (χ3v) is 5.78. The van der Waals surface area contributed by atoms with Crippen molar-refractivity contribution in [2.75, 3.05) is 5.32 Å². The van der Waals surface area contributed by atoms with E-state index in [1.165, 1.54) is 13.8 Å². The number of benzene rings is 1. The summed E-state index contributed by atoms with van der Waals surface area (Å²) >= 11 is 0. The van der Waals surface area contributed by atoms with E-state index >= 15 is 0 Å². The van der Waals surface area contributed by atoms with E-state index in [4.69, 9.17) is 4.42 Å². The predicted molar refractivity (Wildman–Crippen MR) is 113 cm³/mol. The largest absolute Gasteiger partial charge is 0.451 e. The second-order valence-corrected chi connectivity index (χ2v) is 9.84. The quantitative estimate of drug-likeness (QED) is 0.627. The Morgan fingerprint density at radius 1 is 1.13 bits per heavy atom. The van der Waals surface area contributed by atoms with E-state index in [0.717, 1.165) is 23.5 Å². The lowest BCUT2D eigenvalue weighted by Crippen LogP contribution is -2.35. The van der Waals surface area contributed by atoms with Gasteiger partial charge in [-0.1, -0.05) is 27.7 Å². The SMILES string of the molecule is CC(C)c1cc(C#N)cc(C(C)C)c1NC(=O)NS(=O)(=O)c1cc(C(C)(C)O)co1. The topological polar surface area (TPSA) is 132 Å². The monoisotopic (exact) mass is 433 g/mol. The Hall–Kier alpha value is -2.83. The van der Waals surface area contributed by atoms with Gasteiger partial charge in [0.25, 0.3) is 10.0 Å². The molecular formula is C21H27N3O5S. The zero-order chi connectivity index (χ0) is 22.9. The molecule has 3 N–H and O–H groups in total. The van der Waals surface area contributed by atoms with Crippen LogP contribution in [0.2, 0.25) is 0 Å². The number of hydrogen-bond acceptors (Lipinski definition) is 6. The van der Waals surface area contributed by atoms with Crippen LogP contribution in [-0.4, -0.2) is 19.6 Å². The highest BCUT2D eigenvalue weighted by Gasteiger charge is 2.27. The van der Waals surface area contributed by atoms with Gasteiger partial charge in [-0.05, 0) is 48.9 Å². The van der Waals surface area contributed by atoms with Gasteiger partial charge in [0, 0.05) is 17.3 Å². The molecule has 1 aromatic carbocycles. The van der Waals surface area contributed by atoms with Crippen molar-refractivity contribution in [1.82, 2.24) is 4.72 Å². The number of carbonyl (C=O) groups excluding carboxylic acids is 1. The molecule has 8 nitrogen and oxygen atoms in total. The Morgan fingerprint density at radius 2 is 1.67 bits per heavy atom. The van der Waals surface area contributed by atoms with Crippen molar-refractivity contribution in [2.45, 2.75) is 64.1 Å². The molecule has 0 aliphatic rings. The van der Waals surface area contributed by atoms with Gasteiger partial charge in [0.1, 0.15) is 0 Å². The average molecular weight is 434 g/mol. The molecule has 0 saturated heterocycles. The molecule has 0 radical (unpaired) electrons. The first-order chi connectivity index (χ1) is 13.8. The zero-order valence-electron chi connectivity index (χ0n) is 17.9. The van der Waals surface area contributed by atoms with E-state index in [1.54, 1.807) is 12.1 Å². The Kier molecular flexibility index (Phi) is 6.64. The first kappa shape index (κ1) is 23.4. The highest BCUT2D eigenvalue weighted by molar-refractivity contribution is 7.89. The lowest BCUT2D eigenvalue weighted by atomic mass is 9.90. The number of aliphatic hydroxyl groups is 1. The van der Waals surface area contributed by atoms with Crippen molar-refractivity contribution in [2.24, 2.45) is 0 Å². The number of carbonyl (C=O) groups is 1. The molecule has 0 saturated carbocycles. The maximum atomic E-state index is 12.6. The van der Waals surface area contributed by atoms with E-state index in [2.05, 4.69) is 11.4 Å². The molecular weight excluding hydrogens is 406 g/mol. The molecule has 2 amide bonds. The molecule has 1 aromatic heterocycles. The van der Waals surface area contributed by atoms with Crippen LogP contribution in [0.25, 0.3) is 0 Å². The number of amides is 2. The van der Waals surface area contributed by atoms with E-state index in [-0.39, 0.29) is 17.4 Å². The van der Waals surface area contributed by atoms with Crippen molar-refractivity contribution < 1.29 is 22.7 Å². The molecule has 0 bridgehead atoms. The number of sulfonamides is 1. The molecule has 0 atom stereocenters. The van der Waals surface area contributed by atoms with E-state index < -0.39 is 26.7 Å².